The normalized spacial score (nSPS) is 9.54. The van der Waals surface area contributed by atoms with Gasteiger partial charge in [-0.1, -0.05) is 24.0 Å². The molecule has 0 atom stereocenters. The van der Waals surface area contributed by atoms with E-state index in [2.05, 4.69) is 22.5 Å². The molecule has 0 unspecified atom stereocenters. The first-order valence-corrected chi connectivity index (χ1v) is 8.07. The summed E-state index contributed by atoms with van der Waals surface area (Å²) in [5, 5.41) is 5.44. The van der Waals surface area contributed by atoms with E-state index in [1.165, 1.54) is 0 Å². The average molecular weight is 353 g/mol. The summed E-state index contributed by atoms with van der Waals surface area (Å²) in [7, 11) is 7.04. The number of ether oxygens (including phenoxy) is 2. The van der Waals surface area contributed by atoms with E-state index in [0.717, 1.165) is 11.3 Å². The quantitative estimate of drug-likeness (QED) is 0.812. The molecule has 0 aliphatic heterocycles. The molecule has 0 aromatic heterocycles. The van der Waals surface area contributed by atoms with Crippen molar-refractivity contribution >= 4 is 17.4 Å². The molecule has 6 heteroatoms. The predicted molar refractivity (Wildman–Crippen MR) is 104 cm³/mol. The van der Waals surface area contributed by atoms with Gasteiger partial charge in [0.2, 0.25) is 0 Å². The van der Waals surface area contributed by atoms with E-state index < -0.39 is 0 Å². The standard InChI is InChI=1S/C20H23N3O3/c1-23(2)17-10-6-5-8-15(17)9-7-13-21-20(24)22-16-11-12-18(25-3)19(14-16)26-4/h5-6,8,10-12,14H,13H2,1-4H3,(H2,21,22,24). The number of carbonyl (C=O) groups is 1. The third-order valence-electron chi connectivity index (χ3n) is 3.59. The summed E-state index contributed by atoms with van der Waals surface area (Å²) in [4.78, 5) is 14.0. The molecule has 26 heavy (non-hydrogen) atoms. The van der Waals surface area contributed by atoms with Crippen LogP contribution >= 0.6 is 0 Å². The van der Waals surface area contributed by atoms with Gasteiger partial charge >= 0.3 is 6.03 Å². The molecule has 2 N–H and O–H groups in total. The van der Waals surface area contributed by atoms with Gasteiger partial charge in [-0.3, -0.25) is 0 Å². The number of hydrogen-bond donors (Lipinski definition) is 2. The fraction of sp³-hybridized carbons (Fsp3) is 0.250. The topological polar surface area (TPSA) is 62.8 Å². The molecule has 2 aromatic rings. The summed E-state index contributed by atoms with van der Waals surface area (Å²) in [6.45, 7) is 0.237. The van der Waals surface area contributed by atoms with E-state index in [1.54, 1.807) is 32.4 Å². The largest absolute Gasteiger partial charge is 0.493 e. The van der Waals surface area contributed by atoms with E-state index in [0.29, 0.717) is 17.2 Å². The minimum absolute atomic E-state index is 0.237. The Balaban J connectivity index is 1.93. The molecule has 0 aliphatic carbocycles. The first-order valence-electron chi connectivity index (χ1n) is 8.07. The monoisotopic (exact) mass is 353 g/mol. The van der Waals surface area contributed by atoms with Crippen LogP contribution in [0.2, 0.25) is 0 Å². The number of hydrogen-bond acceptors (Lipinski definition) is 4. The molecule has 0 bridgehead atoms. The predicted octanol–water partition coefficient (Wildman–Crippen LogP) is 2.94. The third-order valence-corrected chi connectivity index (χ3v) is 3.59. The van der Waals surface area contributed by atoms with Gasteiger partial charge in [0.15, 0.2) is 11.5 Å². The minimum Gasteiger partial charge on any atom is -0.493 e. The zero-order valence-electron chi connectivity index (χ0n) is 15.4. The molecule has 2 aromatic carbocycles. The fourth-order valence-corrected chi connectivity index (χ4v) is 2.32. The number of para-hydroxylation sites is 1. The number of amides is 2. The lowest BCUT2D eigenvalue weighted by Gasteiger charge is -2.13. The Kier molecular flexibility index (Phi) is 6.75. The lowest BCUT2D eigenvalue weighted by molar-refractivity contribution is 0.253. The van der Waals surface area contributed by atoms with E-state index in [4.69, 9.17) is 9.47 Å². The number of benzene rings is 2. The fourth-order valence-electron chi connectivity index (χ4n) is 2.32. The van der Waals surface area contributed by atoms with Gasteiger partial charge in [-0.2, -0.15) is 0 Å². The average Bonchev–Trinajstić information content (AvgIpc) is 2.65. The molecule has 2 amide bonds. The Morgan fingerprint density at radius 1 is 1.08 bits per heavy atom. The summed E-state index contributed by atoms with van der Waals surface area (Å²) < 4.78 is 10.4. The second kappa shape index (κ2) is 9.23. The smallest absolute Gasteiger partial charge is 0.319 e. The van der Waals surface area contributed by atoms with E-state index in [-0.39, 0.29) is 12.6 Å². The lowest BCUT2D eigenvalue weighted by atomic mass is 10.1. The van der Waals surface area contributed by atoms with Crippen LogP contribution in [0.3, 0.4) is 0 Å². The van der Waals surface area contributed by atoms with Crippen LogP contribution in [-0.4, -0.2) is 40.9 Å². The second-order valence-corrected chi connectivity index (χ2v) is 5.59. The molecule has 0 fully saturated rings. The highest BCUT2D eigenvalue weighted by Crippen LogP contribution is 2.29. The van der Waals surface area contributed by atoms with E-state index in [1.807, 2.05) is 43.3 Å². The van der Waals surface area contributed by atoms with Crippen molar-refractivity contribution in [2.24, 2.45) is 0 Å². The molecule has 0 heterocycles. The van der Waals surface area contributed by atoms with Gasteiger partial charge in [-0.05, 0) is 24.3 Å². The van der Waals surface area contributed by atoms with Crippen molar-refractivity contribution in [3.8, 4) is 23.3 Å². The maximum Gasteiger partial charge on any atom is 0.319 e. The van der Waals surface area contributed by atoms with Gasteiger partial charge in [0.25, 0.3) is 0 Å². The molecule has 0 aliphatic rings. The molecule has 2 rings (SSSR count). The van der Waals surface area contributed by atoms with Crippen molar-refractivity contribution in [3.63, 3.8) is 0 Å². The van der Waals surface area contributed by atoms with Crippen molar-refractivity contribution in [1.82, 2.24) is 5.32 Å². The molecule has 0 saturated carbocycles. The first-order chi connectivity index (χ1) is 12.5. The van der Waals surface area contributed by atoms with Crippen molar-refractivity contribution in [2.75, 3.05) is 45.1 Å². The molecular formula is C20H23N3O3. The maximum atomic E-state index is 12.0. The van der Waals surface area contributed by atoms with Crippen molar-refractivity contribution in [3.05, 3.63) is 48.0 Å². The summed E-state index contributed by atoms with van der Waals surface area (Å²) in [5.41, 5.74) is 2.56. The Bertz CT molecular complexity index is 823. The van der Waals surface area contributed by atoms with Crippen LogP contribution in [0.15, 0.2) is 42.5 Å². The van der Waals surface area contributed by atoms with Crippen molar-refractivity contribution in [1.29, 1.82) is 0 Å². The highest BCUT2D eigenvalue weighted by atomic mass is 16.5. The number of nitrogens with one attached hydrogen (secondary N) is 2. The van der Waals surface area contributed by atoms with Crippen LogP contribution < -0.4 is 25.0 Å². The summed E-state index contributed by atoms with van der Waals surface area (Å²) >= 11 is 0. The zero-order valence-corrected chi connectivity index (χ0v) is 15.4. The number of urea groups is 1. The Labute approximate surface area is 154 Å². The van der Waals surface area contributed by atoms with E-state index in [9.17, 15) is 4.79 Å². The van der Waals surface area contributed by atoms with Crippen molar-refractivity contribution < 1.29 is 14.3 Å². The van der Waals surface area contributed by atoms with Crippen LogP contribution in [0.25, 0.3) is 0 Å². The number of nitrogens with zero attached hydrogens (tertiary/aromatic N) is 1. The zero-order chi connectivity index (χ0) is 18.9. The van der Waals surface area contributed by atoms with Gasteiger partial charge < -0.3 is 25.0 Å². The number of anilines is 2. The van der Waals surface area contributed by atoms with E-state index >= 15 is 0 Å². The summed E-state index contributed by atoms with van der Waals surface area (Å²) in [5.74, 6) is 7.19. The molecule has 136 valence electrons. The molecular weight excluding hydrogens is 330 g/mol. The molecule has 0 saturated heterocycles. The van der Waals surface area contributed by atoms with Crippen LogP contribution in [0.1, 0.15) is 5.56 Å². The minimum atomic E-state index is -0.340. The summed E-state index contributed by atoms with van der Waals surface area (Å²) in [6.07, 6.45) is 0. The first kappa shape index (κ1) is 19.0. The van der Waals surface area contributed by atoms with Gasteiger partial charge in [0.1, 0.15) is 0 Å². The van der Waals surface area contributed by atoms with Crippen LogP contribution in [0, 0.1) is 11.8 Å². The Hall–Kier alpha value is -3.33. The van der Waals surface area contributed by atoms with Gasteiger partial charge in [0.05, 0.1) is 26.5 Å². The van der Waals surface area contributed by atoms with Crippen LogP contribution in [0.4, 0.5) is 16.2 Å². The van der Waals surface area contributed by atoms with Crippen molar-refractivity contribution in [2.45, 2.75) is 0 Å². The number of carbonyl (C=O) groups excluding carboxylic acids is 1. The van der Waals surface area contributed by atoms with Gasteiger partial charge in [0, 0.05) is 31.4 Å². The van der Waals surface area contributed by atoms with Gasteiger partial charge in [-0.15, -0.1) is 0 Å². The summed E-state index contributed by atoms with van der Waals surface area (Å²) in [6, 6.07) is 12.7. The van der Waals surface area contributed by atoms with Gasteiger partial charge in [-0.25, -0.2) is 4.79 Å². The Morgan fingerprint density at radius 3 is 2.50 bits per heavy atom. The highest BCUT2D eigenvalue weighted by Gasteiger charge is 2.06. The Morgan fingerprint density at radius 2 is 1.81 bits per heavy atom. The third kappa shape index (κ3) is 5.08. The lowest BCUT2D eigenvalue weighted by Crippen LogP contribution is -2.28. The maximum absolute atomic E-state index is 12.0. The molecule has 0 spiro atoms. The number of rotatable bonds is 5. The number of methoxy groups -OCH3 is 2. The van der Waals surface area contributed by atoms with Crippen LogP contribution in [-0.2, 0) is 0 Å². The molecule has 0 radical (unpaired) electrons. The highest BCUT2D eigenvalue weighted by molar-refractivity contribution is 5.89. The van der Waals surface area contributed by atoms with Crippen LogP contribution in [0.5, 0.6) is 11.5 Å². The molecule has 6 nitrogen and oxygen atoms in total. The second-order valence-electron chi connectivity index (χ2n) is 5.59. The SMILES string of the molecule is COc1ccc(NC(=O)NCC#Cc2ccccc2N(C)C)cc1OC.